The Morgan fingerprint density at radius 2 is 1.95 bits per heavy atom. The Morgan fingerprint density at radius 1 is 1.18 bits per heavy atom. The molecule has 0 spiro atoms. The summed E-state index contributed by atoms with van der Waals surface area (Å²) in [5.74, 6) is 0.756. The van der Waals surface area contributed by atoms with Gasteiger partial charge >= 0.3 is 0 Å². The molecule has 0 atom stereocenters. The Morgan fingerprint density at radius 3 is 2.68 bits per heavy atom. The lowest BCUT2D eigenvalue weighted by atomic mass is 10.1. The largest absolute Gasteiger partial charge is 0.491 e. The first-order chi connectivity index (χ1) is 10.6. The lowest BCUT2D eigenvalue weighted by molar-refractivity contribution is -0.115. The highest BCUT2D eigenvalue weighted by Crippen LogP contribution is 2.18. The summed E-state index contributed by atoms with van der Waals surface area (Å²) in [5.41, 5.74) is 0.771. The number of hydrogen-bond acceptors (Lipinski definition) is 3. The molecule has 0 saturated carbocycles. The second-order valence-electron chi connectivity index (χ2n) is 5.83. The summed E-state index contributed by atoms with van der Waals surface area (Å²) in [6, 6.07) is 7.50. The monoisotopic (exact) mass is 306 g/mol. The summed E-state index contributed by atoms with van der Waals surface area (Å²) >= 11 is 0. The Bertz CT molecular complexity index is 433. The van der Waals surface area contributed by atoms with E-state index in [1.807, 2.05) is 38.1 Å². The van der Waals surface area contributed by atoms with Gasteiger partial charge in [-0.05, 0) is 38.9 Å². The summed E-state index contributed by atoms with van der Waals surface area (Å²) in [5, 5.41) is 6.07. The Balaban J connectivity index is 2.21. The molecule has 0 fully saturated rings. The predicted molar refractivity (Wildman–Crippen MR) is 92.5 cm³/mol. The van der Waals surface area contributed by atoms with Gasteiger partial charge in [-0.3, -0.25) is 4.79 Å². The first-order valence-electron chi connectivity index (χ1n) is 8.39. The van der Waals surface area contributed by atoms with Crippen LogP contribution in [-0.2, 0) is 4.79 Å². The van der Waals surface area contributed by atoms with Gasteiger partial charge in [-0.15, -0.1) is 0 Å². The quantitative estimate of drug-likeness (QED) is 0.608. The molecule has 0 unspecified atom stereocenters. The van der Waals surface area contributed by atoms with E-state index in [4.69, 9.17) is 4.74 Å². The van der Waals surface area contributed by atoms with Crippen molar-refractivity contribution in [3.05, 3.63) is 24.3 Å². The van der Waals surface area contributed by atoms with E-state index >= 15 is 0 Å². The van der Waals surface area contributed by atoms with E-state index in [0.29, 0.717) is 6.54 Å². The fraction of sp³-hybridized carbons (Fsp3) is 0.611. The average Bonchev–Trinajstić information content (AvgIpc) is 2.46. The fourth-order valence-corrected chi connectivity index (χ4v) is 2.18. The molecule has 0 aliphatic carbocycles. The fourth-order valence-electron chi connectivity index (χ4n) is 2.18. The van der Waals surface area contributed by atoms with Crippen molar-refractivity contribution < 1.29 is 9.53 Å². The van der Waals surface area contributed by atoms with Gasteiger partial charge < -0.3 is 15.4 Å². The van der Waals surface area contributed by atoms with Crippen LogP contribution in [0.1, 0.15) is 52.9 Å². The lowest BCUT2D eigenvalue weighted by Crippen LogP contribution is -2.28. The zero-order valence-corrected chi connectivity index (χ0v) is 14.2. The number of carbonyl (C=O) groups is 1. The minimum Gasteiger partial charge on any atom is -0.491 e. The first-order valence-corrected chi connectivity index (χ1v) is 8.39. The van der Waals surface area contributed by atoms with Crippen LogP contribution in [0.15, 0.2) is 24.3 Å². The zero-order chi connectivity index (χ0) is 16.2. The average molecular weight is 306 g/mol. The number of nitrogens with one attached hydrogen (secondary N) is 2. The molecular weight excluding hydrogens is 276 g/mol. The van der Waals surface area contributed by atoms with E-state index in [9.17, 15) is 4.79 Å². The van der Waals surface area contributed by atoms with Crippen LogP contribution in [-0.4, -0.2) is 25.1 Å². The standard InChI is InChI=1S/C18H30N2O2/c1-4-5-6-7-8-12-19-14-18(21)20-16-10-9-11-17(13-16)22-15(2)3/h9-11,13,15,19H,4-8,12,14H2,1-3H3,(H,20,21). The number of anilines is 1. The van der Waals surface area contributed by atoms with E-state index in [0.717, 1.165) is 24.4 Å². The van der Waals surface area contributed by atoms with Gasteiger partial charge in [0.05, 0.1) is 12.6 Å². The lowest BCUT2D eigenvalue weighted by Gasteiger charge is -2.11. The highest BCUT2D eigenvalue weighted by atomic mass is 16.5. The summed E-state index contributed by atoms with van der Waals surface area (Å²) < 4.78 is 5.61. The molecule has 0 radical (unpaired) electrons. The SMILES string of the molecule is CCCCCCCNCC(=O)Nc1cccc(OC(C)C)c1. The molecule has 1 aromatic rings. The number of ether oxygens (including phenoxy) is 1. The molecular formula is C18H30N2O2. The van der Waals surface area contributed by atoms with E-state index in [1.54, 1.807) is 0 Å². The van der Waals surface area contributed by atoms with Crippen molar-refractivity contribution in [3.63, 3.8) is 0 Å². The van der Waals surface area contributed by atoms with Crippen LogP contribution in [0.3, 0.4) is 0 Å². The number of carbonyl (C=O) groups excluding carboxylic acids is 1. The molecule has 0 bridgehead atoms. The van der Waals surface area contributed by atoms with E-state index in [1.165, 1.54) is 25.7 Å². The maximum atomic E-state index is 11.9. The van der Waals surface area contributed by atoms with E-state index in [-0.39, 0.29) is 12.0 Å². The third kappa shape index (κ3) is 8.67. The smallest absolute Gasteiger partial charge is 0.238 e. The number of unbranched alkanes of at least 4 members (excludes halogenated alkanes) is 4. The van der Waals surface area contributed by atoms with Crippen LogP contribution in [0.4, 0.5) is 5.69 Å². The summed E-state index contributed by atoms with van der Waals surface area (Å²) in [6.45, 7) is 7.42. The van der Waals surface area contributed by atoms with Crippen molar-refractivity contribution in [2.45, 2.75) is 59.0 Å². The minimum atomic E-state index is -0.0183. The van der Waals surface area contributed by atoms with Gasteiger partial charge in [-0.25, -0.2) is 0 Å². The van der Waals surface area contributed by atoms with Gasteiger partial charge in [0.25, 0.3) is 0 Å². The van der Waals surface area contributed by atoms with Gasteiger partial charge in [0, 0.05) is 11.8 Å². The molecule has 1 rings (SSSR count). The van der Waals surface area contributed by atoms with Gasteiger partial charge in [-0.2, -0.15) is 0 Å². The molecule has 0 aromatic heterocycles. The van der Waals surface area contributed by atoms with Crippen molar-refractivity contribution in [3.8, 4) is 5.75 Å². The molecule has 4 heteroatoms. The van der Waals surface area contributed by atoms with Crippen molar-refractivity contribution in [2.24, 2.45) is 0 Å². The van der Waals surface area contributed by atoms with Crippen LogP contribution in [0.25, 0.3) is 0 Å². The Kier molecular flexibility index (Phi) is 9.31. The maximum absolute atomic E-state index is 11.9. The van der Waals surface area contributed by atoms with Crippen molar-refractivity contribution in [2.75, 3.05) is 18.4 Å². The van der Waals surface area contributed by atoms with Crippen LogP contribution in [0, 0.1) is 0 Å². The van der Waals surface area contributed by atoms with Crippen molar-refractivity contribution in [1.82, 2.24) is 5.32 Å². The van der Waals surface area contributed by atoms with Crippen LogP contribution < -0.4 is 15.4 Å². The Labute approximate surface area is 134 Å². The summed E-state index contributed by atoms with van der Waals surface area (Å²) in [7, 11) is 0. The zero-order valence-electron chi connectivity index (χ0n) is 14.2. The molecule has 0 aliphatic rings. The van der Waals surface area contributed by atoms with Gasteiger partial charge in [0.15, 0.2) is 0 Å². The molecule has 22 heavy (non-hydrogen) atoms. The number of rotatable bonds is 11. The predicted octanol–water partition coefficient (Wildman–Crippen LogP) is 3.97. The van der Waals surface area contributed by atoms with Crippen molar-refractivity contribution >= 4 is 11.6 Å². The number of hydrogen-bond donors (Lipinski definition) is 2. The molecule has 1 amide bonds. The van der Waals surface area contributed by atoms with Gasteiger partial charge in [-0.1, -0.05) is 38.7 Å². The summed E-state index contributed by atoms with van der Waals surface area (Å²) in [6.07, 6.45) is 6.33. The number of benzene rings is 1. The highest BCUT2D eigenvalue weighted by Gasteiger charge is 2.04. The molecule has 124 valence electrons. The van der Waals surface area contributed by atoms with Crippen LogP contribution >= 0.6 is 0 Å². The van der Waals surface area contributed by atoms with Gasteiger partial charge in [0.1, 0.15) is 5.75 Å². The minimum absolute atomic E-state index is 0.0183. The molecule has 0 saturated heterocycles. The topological polar surface area (TPSA) is 50.4 Å². The third-order valence-corrected chi connectivity index (χ3v) is 3.23. The Hall–Kier alpha value is -1.55. The second-order valence-corrected chi connectivity index (χ2v) is 5.83. The van der Waals surface area contributed by atoms with E-state index < -0.39 is 0 Å². The highest BCUT2D eigenvalue weighted by molar-refractivity contribution is 5.92. The second kappa shape index (κ2) is 11.1. The van der Waals surface area contributed by atoms with E-state index in [2.05, 4.69) is 17.6 Å². The summed E-state index contributed by atoms with van der Waals surface area (Å²) in [4.78, 5) is 11.9. The molecule has 0 heterocycles. The third-order valence-electron chi connectivity index (χ3n) is 3.23. The molecule has 1 aromatic carbocycles. The maximum Gasteiger partial charge on any atom is 0.238 e. The molecule has 0 aliphatic heterocycles. The normalized spacial score (nSPS) is 10.7. The van der Waals surface area contributed by atoms with Crippen molar-refractivity contribution in [1.29, 1.82) is 0 Å². The first kappa shape index (κ1) is 18.5. The van der Waals surface area contributed by atoms with Crippen LogP contribution in [0.2, 0.25) is 0 Å². The van der Waals surface area contributed by atoms with Crippen LogP contribution in [0.5, 0.6) is 5.75 Å². The molecule has 4 nitrogen and oxygen atoms in total. The molecule has 2 N–H and O–H groups in total. The number of amides is 1. The van der Waals surface area contributed by atoms with Gasteiger partial charge in [0.2, 0.25) is 5.91 Å².